The Labute approximate surface area is 88.5 Å². The lowest BCUT2D eigenvalue weighted by molar-refractivity contribution is -0.01000. The highest BCUT2D eigenvalue weighted by Crippen LogP contribution is 2.32. The van der Waals surface area contributed by atoms with Gasteiger partial charge in [-0.3, -0.25) is 0 Å². The van der Waals surface area contributed by atoms with Gasteiger partial charge in [0.15, 0.2) is 0 Å². The lowest BCUT2D eigenvalue weighted by Crippen LogP contribution is -2.23. The molecule has 1 N–H and O–H groups in total. The SMILES string of the molecule is Cc1sccc1C(O)C1CCCOC1. The number of hydrogen-bond donors (Lipinski definition) is 1. The maximum atomic E-state index is 10.1. The molecule has 1 aromatic rings. The molecule has 1 saturated heterocycles. The van der Waals surface area contributed by atoms with Crippen LogP contribution in [0.3, 0.4) is 0 Å². The number of hydrogen-bond acceptors (Lipinski definition) is 3. The van der Waals surface area contributed by atoms with Crippen LogP contribution in [0.4, 0.5) is 0 Å². The Morgan fingerprint density at radius 2 is 2.50 bits per heavy atom. The summed E-state index contributed by atoms with van der Waals surface area (Å²) in [5.41, 5.74) is 1.09. The molecule has 14 heavy (non-hydrogen) atoms. The van der Waals surface area contributed by atoms with Crippen LogP contribution in [0.15, 0.2) is 11.4 Å². The maximum Gasteiger partial charge on any atom is 0.0850 e. The van der Waals surface area contributed by atoms with Gasteiger partial charge in [0.25, 0.3) is 0 Å². The van der Waals surface area contributed by atoms with E-state index in [1.165, 1.54) is 4.88 Å². The third-order valence-electron chi connectivity index (χ3n) is 2.86. The summed E-state index contributed by atoms with van der Waals surface area (Å²) in [7, 11) is 0. The van der Waals surface area contributed by atoms with E-state index in [0.717, 1.165) is 25.0 Å². The zero-order chi connectivity index (χ0) is 9.97. The molecule has 1 aliphatic rings. The average Bonchev–Trinajstić information content (AvgIpc) is 2.65. The van der Waals surface area contributed by atoms with Crippen molar-refractivity contribution >= 4 is 11.3 Å². The average molecular weight is 212 g/mol. The summed E-state index contributed by atoms with van der Waals surface area (Å²) in [5, 5.41) is 12.2. The van der Waals surface area contributed by atoms with Crippen molar-refractivity contribution in [2.45, 2.75) is 25.9 Å². The second-order valence-corrected chi connectivity index (χ2v) is 4.97. The fourth-order valence-electron chi connectivity index (χ4n) is 1.97. The highest BCUT2D eigenvalue weighted by Gasteiger charge is 2.24. The number of aryl methyl sites for hydroxylation is 1. The summed E-state index contributed by atoms with van der Waals surface area (Å²) < 4.78 is 5.38. The van der Waals surface area contributed by atoms with Crippen molar-refractivity contribution in [1.82, 2.24) is 0 Å². The van der Waals surface area contributed by atoms with Crippen molar-refractivity contribution in [2.24, 2.45) is 5.92 Å². The van der Waals surface area contributed by atoms with Gasteiger partial charge >= 0.3 is 0 Å². The number of rotatable bonds is 2. The van der Waals surface area contributed by atoms with Crippen LogP contribution < -0.4 is 0 Å². The van der Waals surface area contributed by atoms with Gasteiger partial charge < -0.3 is 9.84 Å². The molecule has 3 heteroatoms. The predicted molar refractivity (Wildman–Crippen MR) is 57.6 cm³/mol. The maximum absolute atomic E-state index is 10.1. The molecule has 2 nitrogen and oxygen atoms in total. The van der Waals surface area contributed by atoms with E-state index in [0.29, 0.717) is 6.61 Å². The van der Waals surface area contributed by atoms with Gasteiger partial charge in [0.2, 0.25) is 0 Å². The molecule has 78 valence electrons. The van der Waals surface area contributed by atoms with Crippen molar-refractivity contribution in [2.75, 3.05) is 13.2 Å². The molecule has 0 aliphatic carbocycles. The summed E-state index contributed by atoms with van der Waals surface area (Å²) in [6.07, 6.45) is 1.82. The van der Waals surface area contributed by atoms with E-state index in [9.17, 15) is 5.11 Å². The van der Waals surface area contributed by atoms with E-state index >= 15 is 0 Å². The van der Waals surface area contributed by atoms with Crippen LogP contribution in [0.25, 0.3) is 0 Å². The summed E-state index contributed by atoms with van der Waals surface area (Å²) in [4.78, 5) is 1.23. The molecule has 0 radical (unpaired) electrons. The lowest BCUT2D eigenvalue weighted by Gasteiger charge is -2.26. The quantitative estimate of drug-likeness (QED) is 0.816. The molecule has 1 fully saturated rings. The minimum atomic E-state index is -0.332. The topological polar surface area (TPSA) is 29.5 Å². The Balaban J connectivity index is 2.07. The molecule has 0 bridgehead atoms. The van der Waals surface area contributed by atoms with Gasteiger partial charge in [-0.25, -0.2) is 0 Å². The van der Waals surface area contributed by atoms with Crippen LogP contribution >= 0.6 is 11.3 Å². The Hall–Kier alpha value is -0.380. The normalized spacial score (nSPS) is 24.9. The molecule has 0 amide bonds. The van der Waals surface area contributed by atoms with Gasteiger partial charge in [0, 0.05) is 17.4 Å². The van der Waals surface area contributed by atoms with E-state index in [4.69, 9.17) is 4.74 Å². The molecule has 1 aliphatic heterocycles. The van der Waals surface area contributed by atoms with Gasteiger partial charge in [-0.2, -0.15) is 0 Å². The Morgan fingerprint density at radius 1 is 1.64 bits per heavy atom. The largest absolute Gasteiger partial charge is 0.388 e. The van der Waals surface area contributed by atoms with Crippen LogP contribution in [-0.2, 0) is 4.74 Å². The first-order valence-electron chi connectivity index (χ1n) is 5.09. The summed E-state index contributed by atoms with van der Waals surface area (Å²) in [6.45, 7) is 3.62. The van der Waals surface area contributed by atoms with Crippen molar-refractivity contribution in [3.8, 4) is 0 Å². The van der Waals surface area contributed by atoms with Gasteiger partial charge in [0.05, 0.1) is 12.7 Å². The molecule has 0 aromatic carbocycles. The predicted octanol–water partition coefficient (Wildman–Crippen LogP) is 2.52. The van der Waals surface area contributed by atoms with E-state index in [2.05, 4.69) is 6.92 Å². The molecule has 2 atom stereocenters. The molecule has 2 unspecified atom stereocenters. The monoisotopic (exact) mass is 212 g/mol. The van der Waals surface area contributed by atoms with Gasteiger partial charge in [0.1, 0.15) is 0 Å². The van der Waals surface area contributed by atoms with E-state index in [1.807, 2.05) is 11.4 Å². The Kier molecular flexibility index (Phi) is 3.21. The smallest absolute Gasteiger partial charge is 0.0850 e. The molecule has 2 rings (SSSR count). The van der Waals surface area contributed by atoms with Crippen LogP contribution in [0, 0.1) is 12.8 Å². The first-order chi connectivity index (χ1) is 6.79. The second-order valence-electron chi connectivity index (χ2n) is 3.85. The highest BCUT2D eigenvalue weighted by atomic mass is 32.1. The molecule has 1 aromatic heterocycles. The Bertz CT molecular complexity index is 289. The minimum absolute atomic E-state index is 0.289. The van der Waals surface area contributed by atoms with Crippen molar-refractivity contribution in [3.05, 3.63) is 21.9 Å². The van der Waals surface area contributed by atoms with Crippen LogP contribution in [0.2, 0.25) is 0 Å². The van der Waals surface area contributed by atoms with Crippen LogP contribution in [-0.4, -0.2) is 18.3 Å². The van der Waals surface area contributed by atoms with Gasteiger partial charge in [-0.1, -0.05) is 0 Å². The number of thiophene rings is 1. The first-order valence-corrected chi connectivity index (χ1v) is 5.97. The van der Waals surface area contributed by atoms with Crippen molar-refractivity contribution in [3.63, 3.8) is 0 Å². The third-order valence-corrected chi connectivity index (χ3v) is 3.72. The zero-order valence-electron chi connectivity index (χ0n) is 8.40. The Morgan fingerprint density at radius 3 is 3.07 bits per heavy atom. The highest BCUT2D eigenvalue weighted by molar-refractivity contribution is 7.10. The molecule has 0 saturated carbocycles. The lowest BCUT2D eigenvalue weighted by atomic mass is 9.91. The van der Waals surface area contributed by atoms with E-state index in [-0.39, 0.29) is 12.0 Å². The summed E-state index contributed by atoms with van der Waals surface area (Å²) in [5.74, 6) is 0.289. The first kappa shape index (κ1) is 10.1. The minimum Gasteiger partial charge on any atom is -0.388 e. The van der Waals surface area contributed by atoms with E-state index in [1.54, 1.807) is 11.3 Å². The zero-order valence-corrected chi connectivity index (χ0v) is 9.22. The van der Waals surface area contributed by atoms with E-state index < -0.39 is 0 Å². The van der Waals surface area contributed by atoms with Gasteiger partial charge in [-0.15, -0.1) is 11.3 Å². The van der Waals surface area contributed by atoms with Crippen LogP contribution in [0.5, 0.6) is 0 Å². The fourth-order valence-corrected chi connectivity index (χ4v) is 2.71. The molecule has 0 spiro atoms. The van der Waals surface area contributed by atoms with Crippen molar-refractivity contribution in [1.29, 1.82) is 0 Å². The van der Waals surface area contributed by atoms with Gasteiger partial charge in [-0.05, 0) is 36.8 Å². The summed E-state index contributed by atoms with van der Waals surface area (Å²) >= 11 is 1.70. The number of aliphatic hydroxyl groups excluding tert-OH is 1. The number of ether oxygens (including phenoxy) is 1. The second kappa shape index (κ2) is 4.43. The fraction of sp³-hybridized carbons (Fsp3) is 0.636. The standard InChI is InChI=1S/C11H16O2S/c1-8-10(4-6-14-8)11(12)9-3-2-5-13-7-9/h4,6,9,11-12H,2-3,5,7H2,1H3. The van der Waals surface area contributed by atoms with Crippen LogP contribution in [0.1, 0.15) is 29.4 Å². The van der Waals surface area contributed by atoms with Crippen molar-refractivity contribution < 1.29 is 9.84 Å². The summed E-state index contributed by atoms with van der Waals surface area (Å²) in [6, 6.07) is 2.03. The molecular weight excluding hydrogens is 196 g/mol. The number of aliphatic hydroxyl groups is 1. The molecule has 2 heterocycles. The molecular formula is C11H16O2S. The third kappa shape index (κ3) is 2.00.